The summed E-state index contributed by atoms with van der Waals surface area (Å²) in [5.41, 5.74) is 6.33. The molecule has 5 atom stereocenters. The van der Waals surface area contributed by atoms with Crippen LogP contribution in [-0.4, -0.2) is 87.3 Å². The highest BCUT2D eigenvalue weighted by Gasteiger charge is 2.61. The maximum atomic E-state index is 14.1. The van der Waals surface area contributed by atoms with E-state index in [2.05, 4.69) is 10.6 Å². The van der Waals surface area contributed by atoms with Gasteiger partial charge in [-0.1, -0.05) is 31.1 Å². The molecule has 5 N–H and O–H groups in total. The van der Waals surface area contributed by atoms with Gasteiger partial charge in [-0.05, 0) is 76.1 Å². The molecule has 46 heavy (non-hydrogen) atoms. The molecule has 13 heteroatoms. The monoisotopic (exact) mass is 639 g/mol. The third-order valence-corrected chi connectivity index (χ3v) is 9.08. The van der Waals surface area contributed by atoms with E-state index in [9.17, 15) is 29.1 Å². The van der Waals surface area contributed by atoms with Crippen LogP contribution in [0, 0.1) is 5.92 Å². The number of rotatable bonds is 3. The number of hydrogen-bond donors (Lipinski definition) is 4. The fourth-order valence-corrected chi connectivity index (χ4v) is 6.55. The second-order valence-corrected chi connectivity index (χ2v) is 13.8. The Morgan fingerprint density at radius 3 is 2.65 bits per heavy atom. The summed E-state index contributed by atoms with van der Waals surface area (Å²) in [5, 5.41) is 15.5. The Kier molecular flexibility index (Phi) is 9.50. The first-order chi connectivity index (χ1) is 21.8. The molecule has 0 unspecified atom stereocenters. The van der Waals surface area contributed by atoms with Crippen LogP contribution in [0.5, 0.6) is 0 Å². The zero-order chi connectivity index (χ0) is 33.2. The van der Waals surface area contributed by atoms with Crippen molar-refractivity contribution in [2.45, 2.75) is 108 Å². The molecular formula is C33H45N5O8. The first kappa shape index (κ1) is 33.1. The minimum Gasteiger partial charge on any atom is -0.479 e. The topological polar surface area (TPSA) is 181 Å². The molecule has 1 aromatic rings. The summed E-state index contributed by atoms with van der Waals surface area (Å²) < 4.78 is 11.3. The minimum atomic E-state index is -1.46. The number of aliphatic carboxylic acids is 1. The van der Waals surface area contributed by atoms with Gasteiger partial charge < -0.3 is 40.7 Å². The number of carbonyl (C=O) groups is 5. The lowest BCUT2D eigenvalue weighted by molar-refractivity contribution is -0.145. The average Bonchev–Trinajstić information content (AvgIpc) is 3.51. The number of nitrogen functional groups attached to an aromatic ring is 1. The fourth-order valence-electron chi connectivity index (χ4n) is 6.55. The Labute approximate surface area is 268 Å². The quantitative estimate of drug-likeness (QED) is 0.285. The molecule has 5 rings (SSSR count). The van der Waals surface area contributed by atoms with Crippen molar-refractivity contribution in [3.8, 4) is 0 Å². The van der Waals surface area contributed by atoms with Gasteiger partial charge in [-0.15, -0.1) is 0 Å². The fraction of sp³-hybridized carbons (Fsp3) is 0.606. The van der Waals surface area contributed by atoms with Crippen LogP contribution >= 0.6 is 0 Å². The molecule has 13 nitrogen and oxygen atoms in total. The standard InChI is InChI=1S/C33H45N5O8/c1-32(2,3)46-30(43)35-25-10-8-6-4-5-7-9-22-17-33(22,29(41)42)36-27(39)26-16-24(19-38(26)28(25)40)45-31(44)37-14-13-20-11-12-23(34)15-21(20)18-37/h7,9,11-12,15,22,24-26H,4-6,8,10,13-14,16-19,34H2,1-3H3,(H,35,43)(H,36,39)(H,41,42)/t22-,24-,25+,26+,33-/m1/s1. The molecule has 1 aliphatic carbocycles. The number of ether oxygens (including phenoxy) is 2. The van der Waals surface area contributed by atoms with Gasteiger partial charge >= 0.3 is 18.2 Å². The van der Waals surface area contributed by atoms with Crippen LogP contribution < -0.4 is 16.4 Å². The molecule has 0 bridgehead atoms. The number of benzene rings is 1. The molecule has 4 aliphatic rings. The molecule has 0 spiro atoms. The highest BCUT2D eigenvalue weighted by molar-refractivity contribution is 5.96. The number of carboxylic acid groups (broad SMARTS) is 1. The summed E-state index contributed by atoms with van der Waals surface area (Å²) in [6, 6.07) is 3.51. The molecule has 250 valence electrons. The smallest absolute Gasteiger partial charge is 0.410 e. The number of carboxylic acids is 1. The normalized spacial score (nSPS) is 28.4. The average molecular weight is 640 g/mol. The molecule has 0 aromatic heterocycles. The lowest BCUT2D eigenvalue weighted by Gasteiger charge is -2.30. The van der Waals surface area contributed by atoms with Gasteiger partial charge in [0.25, 0.3) is 0 Å². The van der Waals surface area contributed by atoms with Gasteiger partial charge in [-0.3, -0.25) is 9.59 Å². The van der Waals surface area contributed by atoms with Gasteiger partial charge in [0.2, 0.25) is 11.8 Å². The second-order valence-electron chi connectivity index (χ2n) is 13.8. The van der Waals surface area contributed by atoms with Crippen LogP contribution in [0.15, 0.2) is 30.4 Å². The molecule has 1 saturated heterocycles. The van der Waals surface area contributed by atoms with Gasteiger partial charge in [0.05, 0.1) is 6.54 Å². The zero-order valence-corrected chi connectivity index (χ0v) is 26.8. The molecule has 0 radical (unpaired) electrons. The van der Waals surface area contributed by atoms with Gasteiger partial charge in [-0.25, -0.2) is 14.4 Å². The Hall–Kier alpha value is -4.29. The number of hydrogen-bond acceptors (Lipinski definition) is 8. The number of allylic oxidation sites excluding steroid dienone is 1. The number of nitrogens with zero attached hydrogens (tertiary/aromatic N) is 2. The SMILES string of the molecule is CC(C)(C)OC(=O)N[C@H]1CCCCCC=C[C@@H]2C[C@@]2(C(=O)O)NC(=O)[C@@H]2C[C@@H](OC(=O)N3CCc4ccc(N)cc4C3)CN2C1=O. The maximum absolute atomic E-state index is 14.1. The highest BCUT2D eigenvalue weighted by atomic mass is 16.6. The van der Waals surface area contributed by atoms with E-state index in [1.165, 1.54) is 4.90 Å². The van der Waals surface area contributed by atoms with Crippen molar-refractivity contribution in [2.24, 2.45) is 5.92 Å². The predicted octanol–water partition coefficient (Wildman–Crippen LogP) is 3.11. The van der Waals surface area contributed by atoms with E-state index >= 15 is 0 Å². The van der Waals surface area contributed by atoms with Crippen LogP contribution in [0.4, 0.5) is 15.3 Å². The van der Waals surface area contributed by atoms with E-state index < -0.39 is 59.3 Å². The summed E-state index contributed by atoms with van der Waals surface area (Å²) in [6.45, 7) is 5.83. The molecule has 2 fully saturated rings. The van der Waals surface area contributed by atoms with Gasteiger partial charge in [0.1, 0.15) is 29.3 Å². The van der Waals surface area contributed by atoms with Crippen molar-refractivity contribution in [3.05, 3.63) is 41.5 Å². The largest absolute Gasteiger partial charge is 0.479 e. The summed E-state index contributed by atoms with van der Waals surface area (Å²) in [4.78, 5) is 69.2. The van der Waals surface area contributed by atoms with E-state index in [1.54, 1.807) is 25.7 Å². The van der Waals surface area contributed by atoms with Crippen molar-refractivity contribution in [2.75, 3.05) is 18.8 Å². The molecule has 3 heterocycles. The maximum Gasteiger partial charge on any atom is 0.410 e. The summed E-state index contributed by atoms with van der Waals surface area (Å²) in [5.74, 6) is -2.67. The lowest BCUT2D eigenvalue weighted by Crippen LogP contribution is -2.56. The Morgan fingerprint density at radius 1 is 1.13 bits per heavy atom. The molecule has 1 saturated carbocycles. The highest BCUT2D eigenvalue weighted by Crippen LogP contribution is 2.45. The number of fused-ring (bicyclic) bond motifs is 3. The van der Waals surface area contributed by atoms with E-state index in [1.807, 2.05) is 30.4 Å². The molecular weight excluding hydrogens is 594 g/mol. The molecule has 3 aliphatic heterocycles. The number of nitrogens with one attached hydrogen (secondary N) is 2. The van der Waals surface area contributed by atoms with Crippen LogP contribution in [0.2, 0.25) is 0 Å². The van der Waals surface area contributed by atoms with E-state index in [4.69, 9.17) is 15.2 Å². The van der Waals surface area contributed by atoms with Gasteiger partial charge in [0, 0.05) is 31.1 Å². The molecule has 1 aromatic carbocycles. The molecule has 4 amide bonds. The van der Waals surface area contributed by atoms with Crippen molar-refractivity contribution in [1.82, 2.24) is 20.4 Å². The van der Waals surface area contributed by atoms with Gasteiger partial charge in [0.15, 0.2) is 0 Å². The van der Waals surface area contributed by atoms with Crippen molar-refractivity contribution in [1.29, 1.82) is 0 Å². The predicted molar refractivity (Wildman–Crippen MR) is 167 cm³/mol. The van der Waals surface area contributed by atoms with Gasteiger partial charge in [-0.2, -0.15) is 0 Å². The number of nitrogens with two attached hydrogens (primary N) is 1. The first-order valence-corrected chi connectivity index (χ1v) is 16.1. The van der Waals surface area contributed by atoms with Crippen LogP contribution in [0.25, 0.3) is 0 Å². The number of amides is 4. The number of alkyl carbamates (subject to hydrolysis) is 1. The second kappa shape index (κ2) is 13.2. The minimum absolute atomic E-state index is 0.0178. The van der Waals surface area contributed by atoms with Crippen molar-refractivity contribution in [3.63, 3.8) is 0 Å². The lowest BCUT2D eigenvalue weighted by atomic mass is 9.99. The summed E-state index contributed by atoms with van der Waals surface area (Å²) in [6.07, 6.45) is 5.76. The Morgan fingerprint density at radius 2 is 1.91 bits per heavy atom. The van der Waals surface area contributed by atoms with E-state index in [-0.39, 0.29) is 25.3 Å². The zero-order valence-electron chi connectivity index (χ0n) is 26.8. The van der Waals surface area contributed by atoms with Crippen LogP contribution in [-0.2, 0) is 36.8 Å². The number of carbonyl (C=O) groups excluding carboxylic acids is 4. The van der Waals surface area contributed by atoms with Crippen LogP contribution in [0.3, 0.4) is 0 Å². The summed E-state index contributed by atoms with van der Waals surface area (Å²) in [7, 11) is 0. The van der Waals surface area contributed by atoms with E-state index in [0.29, 0.717) is 38.0 Å². The van der Waals surface area contributed by atoms with Crippen LogP contribution in [0.1, 0.15) is 76.8 Å². The summed E-state index contributed by atoms with van der Waals surface area (Å²) >= 11 is 0. The third kappa shape index (κ3) is 7.56. The van der Waals surface area contributed by atoms with Crippen molar-refractivity contribution >= 4 is 35.7 Å². The van der Waals surface area contributed by atoms with E-state index in [0.717, 1.165) is 30.4 Å². The number of anilines is 1. The third-order valence-electron chi connectivity index (χ3n) is 9.08. The van der Waals surface area contributed by atoms with Crippen molar-refractivity contribution < 1.29 is 38.6 Å². The Balaban J connectivity index is 1.36. The Bertz CT molecular complexity index is 1410. The first-order valence-electron chi connectivity index (χ1n) is 16.1.